The van der Waals surface area contributed by atoms with Crippen molar-refractivity contribution in [2.45, 2.75) is 44.2 Å². The summed E-state index contributed by atoms with van der Waals surface area (Å²) in [7, 11) is -3.88. The van der Waals surface area contributed by atoms with E-state index in [0.29, 0.717) is 0 Å². The van der Waals surface area contributed by atoms with Gasteiger partial charge < -0.3 is 15.2 Å². The molecule has 1 aromatic carbocycles. The predicted octanol–water partition coefficient (Wildman–Crippen LogP) is 1.25. The number of carbonyl (C=O) groups excluding carboxylic acids is 1. The van der Waals surface area contributed by atoms with Gasteiger partial charge in [0.05, 0.1) is 4.90 Å². The maximum absolute atomic E-state index is 12.1. The fourth-order valence-electron chi connectivity index (χ4n) is 1.64. The van der Waals surface area contributed by atoms with Crippen LogP contribution in [0.4, 0.5) is 4.79 Å². The summed E-state index contributed by atoms with van der Waals surface area (Å²) in [5.74, 6) is -1.38. The minimum Gasteiger partial charge on any atom is -0.480 e. The number of benzene rings is 1. The molecule has 24 heavy (non-hydrogen) atoms. The van der Waals surface area contributed by atoms with Crippen LogP contribution in [0.3, 0.4) is 0 Å². The Balaban J connectivity index is 2.74. The van der Waals surface area contributed by atoms with Gasteiger partial charge >= 0.3 is 12.1 Å². The number of carboxylic acids is 1. The van der Waals surface area contributed by atoms with Gasteiger partial charge in [0.2, 0.25) is 10.0 Å². The van der Waals surface area contributed by atoms with Gasteiger partial charge in [-0.05, 0) is 39.8 Å². The maximum Gasteiger partial charge on any atom is 0.408 e. The number of nitrogens with one attached hydrogen (secondary N) is 2. The molecule has 1 amide bonds. The number of hydrogen-bond donors (Lipinski definition) is 3. The van der Waals surface area contributed by atoms with E-state index in [9.17, 15) is 18.0 Å². The van der Waals surface area contributed by atoms with E-state index in [1.807, 2.05) is 6.92 Å². The summed E-state index contributed by atoms with van der Waals surface area (Å²) in [4.78, 5) is 22.8. The van der Waals surface area contributed by atoms with Crippen LogP contribution in [-0.4, -0.2) is 43.8 Å². The third-order valence-corrected chi connectivity index (χ3v) is 4.24. The molecule has 9 heteroatoms. The fourth-order valence-corrected chi connectivity index (χ4v) is 2.69. The second kappa shape index (κ2) is 7.63. The number of amides is 1. The molecular weight excluding hydrogens is 336 g/mol. The van der Waals surface area contributed by atoms with Crippen LogP contribution in [0, 0.1) is 6.92 Å². The predicted molar refractivity (Wildman–Crippen MR) is 87.2 cm³/mol. The number of alkyl carbamates (subject to hydrolysis) is 1. The zero-order valence-corrected chi connectivity index (χ0v) is 14.8. The maximum atomic E-state index is 12.1. The van der Waals surface area contributed by atoms with Gasteiger partial charge in [0.1, 0.15) is 11.6 Å². The Morgan fingerprint density at radius 1 is 1.21 bits per heavy atom. The van der Waals surface area contributed by atoms with Gasteiger partial charge in [0, 0.05) is 6.54 Å². The number of aliphatic carboxylic acids is 1. The molecule has 134 valence electrons. The van der Waals surface area contributed by atoms with E-state index >= 15 is 0 Å². The van der Waals surface area contributed by atoms with Crippen LogP contribution < -0.4 is 10.0 Å². The highest BCUT2D eigenvalue weighted by molar-refractivity contribution is 7.89. The molecule has 0 heterocycles. The molecule has 0 fully saturated rings. The lowest BCUT2D eigenvalue weighted by Gasteiger charge is -2.22. The largest absolute Gasteiger partial charge is 0.480 e. The molecule has 0 aromatic heterocycles. The molecule has 8 nitrogen and oxygen atoms in total. The highest BCUT2D eigenvalue weighted by Gasteiger charge is 2.26. The quantitative estimate of drug-likeness (QED) is 0.703. The van der Waals surface area contributed by atoms with Gasteiger partial charge in [-0.15, -0.1) is 0 Å². The van der Waals surface area contributed by atoms with Crippen molar-refractivity contribution in [3.8, 4) is 0 Å². The van der Waals surface area contributed by atoms with Gasteiger partial charge in [-0.2, -0.15) is 0 Å². The minimum atomic E-state index is -3.88. The van der Waals surface area contributed by atoms with E-state index in [4.69, 9.17) is 9.84 Å². The Labute approximate surface area is 141 Å². The van der Waals surface area contributed by atoms with E-state index in [-0.39, 0.29) is 4.90 Å². The first kappa shape index (κ1) is 19.9. The number of carbonyl (C=O) groups is 2. The zero-order chi connectivity index (χ0) is 18.5. The number of rotatable bonds is 6. The van der Waals surface area contributed by atoms with Gasteiger partial charge in [-0.25, -0.2) is 22.7 Å². The summed E-state index contributed by atoms with van der Waals surface area (Å²) in [6, 6.07) is 4.62. The first-order chi connectivity index (χ1) is 10.9. The highest BCUT2D eigenvalue weighted by Crippen LogP contribution is 2.10. The molecule has 0 bridgehead atoms. The highest BCUT2D eigenvalue weighted by atomic mass is 32.2. The van der Waals surface area contributed by atoms with Crippen LogP contribution in [0.2, 0.25) is 0 Å². The number of carboxylic acid groups (broad SMARTS) is 1. The summed E-state index contributed by atoms with van der Waals surface area (Å²) >= 11 is 0. The lowest BCUT2D eigenvalue weighted by molar-refractivity contribution is -0.139. The molecule has 0 aliphatic rings. The topological polar surface area (TPSA) is 122 Å². The summed E-state index contributed by atoms with van der Waals surface area (Å²) in [6.07, 6.45) is -0.940. The normalized spacial score (nSPS) is 13.2. The molecule has 0 unspecified atom stereocenters. The number of aryl methyl sites for hydroxylation is 1. The molecule has 3 N–H and O–H groups in total. The van der Waals surface area contributed by atoms with Crippen LogP contribution in [0.25, 0.3) is 0 Å². The van der Waals surface area contributed by atoms with Crippen molar-refractivity contribution in [2.24, 2.45) is 0 Å². The number of sulfonamides is 1. The molecular formula is C15H22N2O6S. The smallest absolute Gasteiger partial charge is 0.408 e. The van der Waals surface area contributed by atoms with Crippen LogP contribution in [0.5, 0.6) is 0 Å². The second-order valence-electron chi connectivity index (χ2n) is 6.20. The SMILES string of the molecule is Cc1ccc(S(=O)(=O)NC[C@@H](NC(=O)OC(C)(C)C)C(=O)O)cc1. The Kier molecular flexibility index (Phi) is 6.33. The summed E-state index contributed by atoms with van der Waals surface area (Å²) in [5.41, 5.74) is 0.0955. The van der Waals surface area contributed by atoms with Gasteiger partial charge in [-0.1, -0.05) is 17.7 Å². The summed E-state index contributed by atoms with van der Waals surface area (Å²) < 4.78 is 31.4. The van der Waals surface area contributed by atoms with Gasteiger partial charge in [-0.3, -0.25) is 0 Å². The first-order valence-corrected chi connectivity index (χ1v) is 8.68. The lowest BCUT2D eigenvalue weighted by Crippen LogP contribution is -2.49. The Bertz CT molecular complexity index is 692. The number of ether oxygens (including phenoxy) is 1. The second-order valence-corrected chi connectivity index (χ2v) is 7.97. The molecule has 0 saturated carbocycles. The summed E-state index contributed by atoms with van der Waals surface area (Å²) in [5, 5.41) is 11.2. The molecule has 0 aliphatic carbocycles. The average Bonchev–Trinajstić information content (AvgIpc) is 2.41. The van der Waals surface area contributed by atoms with Gasteiger partial charge in [0.25, 0.3) is 0 Å². The van der Waals surface area contributed by atoms with E-state index < -0.39 is 40.3 Å². The summed E-state index contributed by atoms with van der Waals surface area (Å²) in [6.45, 7) is 6.19. The third-order valence-electron chi connectivity index (χ3n) is 2.80. The molecule has 0 spiro atoms. The van der Waals surface area contributed by atoms with Crippen LogP contribution in [0.15, 0.2) is 29.2 Å². The molecule has 0 aliphatic heterocycles. The van der Waals surface area contributed by atoms with Crippen molar-refractivity contribution in [3.63, 3.8) is 0 Å². The van der Waals surface area contributed by atoms with E-state index in [2.05, 4.69) is 10.0 Å². The van der Waals surface area contributed by atoms with E-state index in [0.717, 1.165) is 5.56 Å². The van der Waals surface area contributed by atoms with E-state index in [1.165, 1.54) is 12.1 Å². The van der Waals surface area contributed by atoms with Crippen LogP contribution >= 0.6 is 0 Å². The van der Waals surface area contributed by atoms with Crippen molar-refractivity contribution in [1.82, 2.24) is 10.0 Å². The van der Waals surface area contributed by atoms with Crippen molar-refractivity contribution in [1.29, 1.82) is 0 Å². The van der Waals surface area contributed by atoms with Crippen molar-refractivity contribution in [3.05, 3.63) is 29.8 Å². The van der Waals surface area contributed by atoms with E-state index in [1.54, 1.807) is 32.9 Å². The fraction of sp³-hybridized carbons (Fsp3) is 0.467. The van der Waals surface area contributed by atoms with Crippen molar-refractivity contribution >= 4 is 22.1 Å². The van der Waals surface area contributed by atoms with Crippen LogP contribution in [0.1, 0.15) is 26.3 Å². The Hall–Kier alpha value is -2.13. The third kappa shape index (κ3) is 6.55. The van der Waals surface area contributed by atoms with Crippen molar-refractivity contribution < 1.29 is 27.9 Å². The monoisotopic (exact) mass is 358 g/mol. The lowest BCUT2D eigenvalue weighted by atomic mass is 10.2. The van der Waals surface area contributed by atoms with Crippen LogP contribution in [-0.2, 0) is 19.6 Å². The Morgan fingerprint density at radius 3 is 2.21 bits per heavy atom. The molecule has 1 aromatic rings. The molecule has 1 atom stereocenters. The first-order valence-electron chi connectivity index (χ1n) is 7.19. The zero-order valence-electron chi connectivity index (χ0n) is 14.0. The van der Waals surface area contributed by atoms with Gasteiger partial charge in [0.15, 0.2) is 0 Å². The molecule has 1 rings (SSSR count). The Morgan fingerprint density at radius 2 is 1.75 bits per heavy atom. The van der Waals surface area contributed by atoms with Crippen molar-refractivity contribution in [2.75, 3.05) is 6.54 Å². The molecule has 0 radical (unpaired) electrons. The molecule has 0 saturated heterocycles. The standard InChI is InChI=1S/C15H22N2O6S/c1-10-5-7-11(8-6-10)24(21,22)16-9-12(13(18)19)17-14(20)23-15(2,3)4/h5-8,12,16H,9H2,1-4H3,(H,17,20)(H,18,19)/t12-/m1/s1. The minimum absolute atomic E-state index is 0.00880. The number of hydrogen-bond acceptors (Lipinski definition) is 5. The average molecular weight is 358 g/mol.